The van der Waals surface area contributed by atoms with Crippen LogP contribution in [0.1, 0.15) is 20.3 Å². The van der Waals surface area contributed by atoms with E-state index in [-0.39, 0.29) is 5.82 Å². The predicted molar refractivity (Wildman–Crippen MR) is 76.4 cm³/mol. The van der Waals surface area contributed by atoms with Gasteiger partial charge < -0.3 is 15.0 Å². The van der Waals surface area contributed by atoms with E-state index in [2.05, 4.69) is 24.1 Å². The van der Waals surface area contributed by atoms with E-state index in [0.717, 1.165) is 44.0 Å². The smallest absolute Gasteiger partial charge is 0.142 e. The fourth-order valence-electron chi connectivity index (χ4n) is 2.12. The minimum atomic E-state index is -0.204. The number of nitrogens with zero attached hydrogens (tertiary/aromatic N) is 1. The van der Waals surface area contributed by atoms with Gasteiger partial charge in [0.2, 0.25) is 0 Å². The van der Waals surface area contributed by atoms with Gasteiger partial charge in [0.25, 0.3) is 0 Å². The highest BCUT2D eigenvalue weighted by molar-refractivity contribution is 5.59. The highest BCUT2D eigenvalue weighted by Gasteiger charge is 2.16. The average molecular weight is 266 g/mol. The Hall–Kier alpha value is -1.29. The Labute approximate surface area is 114 Å². The first-order valence-electron chi connectivity index (χ1n) is 7.08. The number of hydrogen-bond donors (Lipinski definition) is 1. The van der Waals surface area contributed by atoms with Gasteiger partial charge in [-0.05, 0) is 18.1 Å². The lowest BCUT2D eigenvalue weighted by Crippen LogP contribution is -2.43. The molecule has 0 spiro atoms. The summed E-state index contributed by atoms with van der Waals surface area (Å²) in [4.78, 5) is 2.19. The first-order chi connectivity index (χ1) is 9.20. The van der Waals surface area contributed by atoms with Gasteiger partial charge in [0.15, 0.2) is 0 Å². The molecule has 106 valence electrons. The minimum Gasteiger partial charge on any atom is -0.491 e. The van der Waals surface area contributed by atoms with Crippen molar-refractivity contribution in [3.05, 3.63) is 24.0 Å². The average Bonchev–Trinajstić information content (AvgIpc) is 2.46. The Bertz CT molecular complexity index is 405. The summed E-state index contributed by atoms with van der Waals surface area (Å²) in [6.07, 6.45) is 1.09. The van der Waals surface area contributed by atoms with Crippen LogP contribution in [0.25, 0.3) is 0 Å². The van der Waals surface area contributed by atoms with Crippen molar-refractivity contribution in [3.63, 3.8) is 0 Å². The SMILES string of the molecule is CCC(C)COc1ccc(F)cc1N1CCNCC1. The molecule has 1 heterocycles. The second-order valence-corrected chi connectivity index (χ2v) is 5.17. The number of nitrogens with one attached hydrogen (secondary N) is 1. The Morgan fingerprint density at radius 3 is 2.79 bits per heavy atom. The summed E-state index contributed by atoms with van der Waals surface area (Å²) in [7, 11) is 0. The number of piperazine rings is 1. The lowest BCUT2D eigenvalue weighted by Gasteiger charge is -2.31. The molecule has 1 aliphatic rings. The van der Waals surface area contributed by atoms with E-state index in [9.17, 15) is 4.39 Å². The van der Waals surface area contributed by atoms with Gasteiger partial charge in [0, 0.05) is 32.2 Å². The Kier molecular flexibility index (Phi) is 5.02. The van der Waals surface area contributed by atoms with Gasteiger partial charge in [-0.2, -0.15) is 0 Å². The van der Waals surface area contributed by atoms with Crippen LogP contribution in [0.4, 0.5) is 10.1 Å². The van der Waals surface area contributed by atoms with Crippen molar-refractivity contribution in [2.75, 3.05) is 37.7 Å². The maximum Gasteiger partial charge on any atom is 0.142 e. The van der Waals surface area contributed by atoms with Crippen LogP contribution in [0.15, 0.2) is 18.2 Å². The van der Waals surface area contributed by atoms with Crippen molar-refractivity contribution in [2.24, 2.45) is 5.92 Å². The number of halogens is 1. The van der Waals surface area contributed by atoms with Crippen LogP contribution in [0.2, 0.25) is 0 Å². The molecule has 1 unspecified atom stereocenters. The summed E-state index contributed by atoms with van der Waals surface area (Å²) >= 11 is 0. The van der Waals surface area contributed by atoms with Crippen LogP contribution in [0, 0.1) is 11.7 Å². The van der Waals surface area contributed by atoms with Gasteiger partial charge >= 0.3 is 0 Å². The standard InChI is InChI=1S/C15H23FN2O/c1-3-12(2)11-19-15-5-4-13(16)10-14(15)18-8-6-17-7-9-18/h4-5,10,12,17H,3,6-9,11H2,1-2H3. The molecule has 1 aromatic carbocycles. The highest BCUT2D eigenvalue weighted by atomic mass is 19.1. The predicted octanol–water partition coefficient (Wildman–Crippen LogP) is 2.66. The molecule has 0 saturated carbocycles. The largest absolute Gasteiger partial charge is 0.491 e. The second kappa shape index (κ2) is 6.75. The molecule has 2 rings (SSSR count). The summed E-state index contributed by atoms with van der Waals surface area (Å²) in [5, 5.41) is 3.30. The second-order valence-electron chi connectivity index (χ2n) is 5.17. The molecule has 19 heavy (non-hydrogen) atoms. The van der Waals surface area contributed by atoms with Gasteiger partial charge in [-0.1, -0.05) is 20.3 Å². The Balaban J connectivity index is 2.12. The van der Waals surface area contributed by atoms with Crippen LogP contribution >= 0.6 is 0 Å². The molecule has 0 aliphatic carbocycles. The van der Waals surface area contributed by atoms with Gasteiger partial charge in [0.05, 0.1) is 12.3 Å². The van der Waals surface area contributed by atoms with Crippen molar-refractivity contribution in [1.82, 2.24) is 5.32 Å². The molecule has 0 aromatic heterocycles. The molecule has 1 aliphatic heterocycles. The normalized spacial score (nSPS) is 17.3. The molecule has 0 amide bonds. The molecule has 1 saturated heterocycles. The van der Waals surface area contributed by atoms with Crippen LogP contribution in [0.5, 0.6) is 5.75 Å². The van der Waals surface area contributed by atoms with Gasteiger partial charge in [-0.15, -0.1) is 0 Å². The molecule has 1 fully saturated rings. The zero-order valence-electron chi connectivity index (χ0n) is 11.8. The van der Waals surface area contributed by atoms with Gasteiger partial charge in [0.1, 0.15) is 11.6 Å². The van der Waals surface area contributed by atoms with E-state index < -0.39 is 0 Å². The van der Waals surface area contributed by atoms with Crippen LogP contribution in [-0.4, -0.2) is 32.8 Å². The monoisotopic (exact) mass is 266 g/mol. The van der Waals surface area contributed by atoms with Crippen molar-refractivity contribution in [3.8, 4) is 5.75 Å². The molecule has 1 N–H and O–H groups in total. The van der Waals surface area contributed by atoms with E-state index >= 15 is 0 Å². The van der Waals surface area contributed by atoms with Crippen LogP contribution in [-0.2, 0) is 0 Å². The topological polar surface area (TPSA) is 24.5 Å². The molecular weight excluding hydrogens is 243 g/mol. The number of hydrogen-bond acceptors (Lipinski definition) is 3. The maximum atomic E-state index is 13.5. The molecule has 4 heteroatoms. The fraction of sp³-hybridized carbons (Fsp3) is 0.600. The van der Waals surface area contributed by atoms with Crippen molar-refractivity contribution >= 4 is 5.69 Å². The molecule has 3 nitrogen and oxygen atoms in total. The summed E-state index contributed by atoms with van der Waals surface area (Å²) in [5.74, 6) is 1.11. The van der Waals surface area contributed by atoms with Gasteiger partial charge in [-0.25, -0.2) is 4.39 Å². The molecule has 0 bridgehead atoms. The maximum absolute atomic E-state index is 13.5. The van der Waals surface area contributed by atoms with E-state index in [1.54, 1.807) is 12.1 Å². The lowest BCUT2D eigenvalue weighted by molar-refractivity contribution is 0.256. The highest BCUT2D eigenvalue weighted by Crippen LogP contribution is 2.30. The number of rotatable bonds is 5. The number of anilines is 1. The molecule has 1 aromatic rings. The summed E-state index contributed by atoms with van der Waals surface area (Å²) in [6.45, 7) is 8.64. The van der Waals surface area contributed by atoms with Crippen LogP contribution < -0.4 is 15.0 Å². The summed E-state index contributed by atoms with van der Waals surface area (Å²) < 4.78 is 19.3. The van der Waals surface area contributed by atoms with E-state index in [1.165, 1.54) is 6.07 Å². The number of ether oxygens (including phenoxy) is 1. The quantitative estimate of drug-likeness (QED) is 0.886. The summed E-state index contributed by atoms with van der Waals surface area (Å²) in [6, 6.07) is 4.80. The molecule has 0 radical (unpaired) electrons. The van der Waals surface area contributed by atoms with Crippen molar-refractivity contribution in [2.45, 2.75) is 20.3 Å². The van der Waals surface area contributed by atoms with Crippen molar-refractivity contribution < 1.29 is 9.13 Å². The minimum absolute atomic E-state index is 0.204. The number of benzene rings is 1. The molecular formula is C15H23FN2O. The third kappa shape index (κ3) is 3.83. The Morgan fingerprint density at radius 2 is 2.11 bits per heavy atom. The van der Waals surface area contributed by atoms with E-state index in [1.807, 2.05) is 0 Å². The van der Waals surface area contributed by atoms with Crippen molar-refractivity contribution in [1.29, 1.82) is 0 Å². The van der Waals surface area contributed by atoms with E-state index in [4.69, 9.17) is 4.74 Å². The summed E-state index contributed by atoms with van der Waals surface area (Å²) in [5.41, 5.74) is 0.879. The fourth-order valence-corrected chi connectivity index (χ4v) is 2.12. The Morgan fingerprint density at radius 1 is 1.37 bits per heavy atom. The van der Waals surface area contributed by atoms with E-state index in [0.29, 0.717) is 12.5 Å². The lowest BCUT2D eigenvalue weighted by atomic mass is 10.1. The third-order valence-electron chi connectivity index (χ3n) is 3.60. The van der Waals surface area contributed by atoms with Crippen LogP contribution in [0.3, 0.4) is 0 Å². The van der Waals surface area contributed by atoms with Gasteiger partial charge in [-0.3, -0.25) is 0 Å². The first kappa shape index (κ1) is 14.1. The molecule has 1 atom stereocenters. The third-order valence-corrected chi connectivity index (χ3v) is 3.60. The first-order valence-corrected chi connectivity index (χ1v) is 7.08. The zero-order chi connectivity index (χ0) is 13.7. The zero-order valence-corrected chi connectivity index (χ0v) is 11.8.